The highest BCUT2D eigenvalue weighted by atomic mass is 32.2. The van der Waals surface area contributed by atoms with E-state index in [0.29, 0.717) is 18.4 Å². The summed E-state index contributed by atoms with van der Waals surface area (Å²) < 4.78 is 0. The van der Waals surface area contributed by atoms with Gasteiger partial charge in [-0.15, -0.1) is 0 Å². The first kappa shape index (κ1) is 11.1. The van der Waals surface area contributed by atoms with Crippen LogP contribution in [0.5, 0.6) is 0 Å². The lowest BCUT2D eigenvalue weighted by Gasteiger charge is -2.32. The molecule has 0 N–H and O–H groups in total. The number of nitrogens with zero attached hydrogens (tertiary/aromatic N) is 1. The molecule has 0 amide bonds. The Labute approximate surface area is 85.1 Å². The van der Waals surface area contributed by atoms with Gasteiger partial charge in [-0.1, -0.05) is 6.92 Å². The van der Waals surface area contributed by atoms with Crippen molar-refractivity contribution in [3.8, 4) is 0 Å². The largest absolute Gasteiger partial charge is 0.298 e. The molecule has 1 unspecified atom stereocenters. The molecule has 0 bridgehead atoms. The van der Waals surface area contributed by atoms with Gasteiger partial charge in [0.1, 0.15) is 5.78 Å². The fourth-order valence-electron chi connectivity index (χ4n) is 1.58. The van der Waals surface area contributed by atoms with E-state index in [-0.39, 0.29) is 0 Å². The number of thioether (sulfide) groups is 1. The third-order valence-electron chi connectivity index (χ3n) is 2.41. The molecule has 1 heterocycles. The van der Waals surface area contributed by atoms with Gasteiger partial charge in [0.2, 0.25) is 0 Å². The molecule has 1 aliphatic heterocycles. The predicted molar refractivity (Wildman–Crippen MR) is 58.3 cm³/mol. The van der Waals surface area contributed by atoms with Crippen LogP contribution < -0.4 is 0 Å². The molecule has 2 nitrogen and oxygen atoms in total. The first-order valence-electron chi connectivity index (χ1n) is 5.07. The fraction of sp³-hybridized carbons (Fsp3) is 0.900. The monoisotopic (exact) mass is 201 g/mol. The molecule has 3 heteroatoms. The van der Waals surface area contributed by atoms with E-state index < -0.39 is 0 Å². The van der Waals surface area contributed by atoms with E-state index in [0.717, 1.165) is 19.4 Å². The second kappa shape index (κ2) is 5.66. The van der Waals surface area contributed by atoms with E-state index in [2.05, 4.69) is 18.7 Å². The Hall–Kier alpha value is -0.0200. The molecule has 0 aromatic rings. The normalized spacial score (nSPS) is 24.6. The summed E-state index contributed by atoms with van der Waals surface area (Å²) in [5, 5.41) is 0. The van der Waals surface area contributed by atoms with Crippen molar-refractivity contribution in [3.63, 3.8) is 0 Å². The third-order valence-corrected chi connectivity index (χ3v) is 3.60. The second-order valence-corrected chi connectivity index (χ2v) is 4.83. The highest BCUT2D eigenvalue weighted by Crippen LogP contribution is 2.15. The van der Waals surface area contributed by atoms with Gasteiger partial charge >= 0.3 is 0 Å². The summed E-state index contributed by atoms with van der Waals surface area (Å²) in [5.74, 6) is 2.77. The minimum absolute atomic E-state index is 0.404. The average molecular weight is 201 g/mol. The van der Waals surface area contributed by atoms with Crippen molar-refractivity contribution in [1.29, 1.82) is 0 Å². The van der Waals surface area contributed by atoms with Crippen molar-refractivity contribution >= 4 is 17.5 Å². The van der Waals surface area contributed by atoms with Crippen molar-refractivity contribution in [3.05, 3.63) is 0 Å². The lowest BCUT2D eigenvalue weighted by atomic mass is 10.2. The summed E-state index contributed by atoms with van der Waals surface area (Å²) in [6.07, 6.45) is 1.73. The summed E-state index contributed by atoms with van der Waals surface area (Å²) in [6, 6.07) is 0.583. The number of carbonyl (C=O) groups is 1. The average Bonchev–Trinajstić information content (AvgIpc) is 2.09. The summed E-state index contributed by atoms with van der Waals surface area (Å²) in [6.45, 7) is 6.04. The molecule has 1 fully saturated rings. The zero-order valence-corrected chi connectivity index (χ0v) is 9.40. The van der Waals surface area contributed by atoms with Gasteiger partial charge in [0.25, 0.3) is 0 Å². The fourth-order valence-corrected chi connectivity index (χ4v) is 2.66. The zero-order chi connectivity index (χ0) is 9.68. The molecule has 1 rings (SSSR count). The van der Waals surface area contributed by atoms with Crippen molar-refractivity contribution in [1.82, 2.24) is 4.90 Å². The number of hydrogen-bond donors (Lipinski definition) is 0. The number of hydrogen-bond acceptors (Lipinski definition) is 3. The highest BCUT2D eigenvalue weighted by Gasteiger charge is 2.19. The van der Waals surface area contributed by atoms with Gasteiger partial charge in [-0.25, -0.2) is 0 Å². The Bertz CT molecular complexity index is 172. The van der Waals surface area contributed by atoms with Crippen LogP contribution in [0.2, 0.25) is 0 Å². The van der Waals surface area contributed by atoms with Crippen molar-refractivity contribution < 1.29 is 4.79 Å². The lowest BCUT2D eigenvalue weighted by Crippen LogP contribution is -2.43. The van der Waals surface area contributed by atoms with E-state index in [1.165, 1.54) is 11.5 Å². The van der Waals surface area contributed by atoms with Crippen LogP contribution in [0.25, 0.3) is 0 Å². The van der Waals surface area contributed by atoms with E-state index in [4.69, 9.17) is 0 Å². The topological polar surface area (TPSA) is 20.3 Å². The van der Waals surface area contributed by atoms with Gasteiger partial charge < -0.3 is 0 Å². The molecule has 0 aromatic heterocycles. The van der Waals surface area contributed by atoms with Crippen LogP contribution in [0.4, 0.5) is 0 Å². The molecule has 0 saturated carbocycles. The summed E-state index contributed by atoms with van der Waals surface area (Å²) in [5.41, 5.74) is 0. The van der Waals surface area contributed by atoms with Crippen LogP contribution >= 0.6 is 11.8 Å². The van der Waals surface area contributed by atoms with Gasteiger partial charge in [0, 0.05) is 30.5 Å². The molecule has 1 aliphatic rings. The SMILES string of the molecule is CCCC(=O)CN1CCSCC1C. The van der Waals surface area contributed by atoms with Gasteiger partial charge in [0.05, 0.1) is 6.54 Å². The molecule has 1 atom stereocenters. The molecule has 0 spiro atoms. The van der Waals surface area contributed by atoms with Crippen LogP contribution in [0.3, 0.4) is 0 Å². The van der Waals surface area contributed by atoms with Crippen LogP contribution in [0.1, 0.15) is 26.7 Å². The van der Waals surface area contributed by atoms with E-state index >= 15 is 0 Å². The zero-order valence-electron chi connectivity index (χ0n) is 8.58. The molecule has 0 aliphatic carbocycles. The van der Waals surface area contributed by atoms with Crippen LogP contribution in [0.15, 0.2) is 0 Å². The standard InChI is InChI=1S/C10H19NOS/c1-3-4-10(12)7-11-5-6-13-8-9(11)2/h9H,3-8H2,1-2H3. The minimum atomic E-state index is 0.404. The van der Waals surface area contributed by atoms with Gasteiger partial charge in [-0.2, -0.15) is 11.8 Å². The molecular weight excluding hydrogens is 182 g/mol. The van der Waals surface area contributed by atoms with Crippen LogP contribution in [-0.2, 0) is 4.79 Å². The van der Waals surface area contributed by atoms with Crippen LogP contribution in [-0.4, -0.2) is 41.3 Å². The minimum Gasteiger partial charge on any atom is -0.298 e. The maximum Gasteiger partial charge on any atom is 0.146 e. The highest BCUT2D eigenvalue weighted by molar-refractivity contribution is 7.99. The first-order chi connectivity index (χ1) is 6.24. The Balaban J connectivity index is 2.29. The maximum atomic E-state index is 11.4. The first-order valence-corrected chi connectivity index (χ1v) is 6.23. The predicted octanol–water partition coefficient (Wildman–Crippen LogP) is 1.79. The molecule has 0 radical (unpaired) electrons. The van der Waals surface area contributed by atoms with E-state index in [1.807, 2.05) is 11.8 Å². The maximum absolute atomic E-state index is 11.4. The summed E-state index contributed by atoms with van der Waals surface area (Å²) in [7, 11) is 0. The van der Waals surface area contributed by atoms with Crippen molar-refractivity contribution in [2.24, 2.45) is 0 Å². The third kappa shape index (κ3) is 3.69. The smallest absolute Gasteiger partial charge is 0.146 e. The number of carbonyl (C=O) groups excluding carboxylic acids is 1. The van der Waals surface area contributed by atoms with Crippen molar-refractivity contribution in [2.75, 3.05) is 24.6 Å². The molecule has 1 saturated heterocycles. The Morgan fingerprint density at radius 3 is 3.00 bits per heavy atom. The van der Waals surface area contributed by atoms with E-state index in [9.17, 15) is 4.79 Å². The Morgan fingerprint density at radius 2 is 2.38 bits per heavy atom. The van der Waals surface area contributed by atoms with E-state index in [1.54, 1.807) is 0 Å². The molecule has 76 valence electrons. The summed E-state index contributed by atoms with van der Waals surface area (Å²) >= 11 is 1.99. The summed E-state index contributed by atoms with van der Waals surface area (Å²) in [4.78, 5) is 13.7. The molecule has 0 aromatic carbocycles. The van der Waals surface area contributed by atoms with Gasteiger partial charge in [0.15, 0.2) is 0 Å². The Kier molecular flexibility index (Phi) is 4.81. The molecule has 13 heavy (non-hydrogen) atoms. The lowest BCUT2D eigenvalue weighted by molar-refractivity contribution is -0.120. The van der Waals surface area contributed by atoms with Gasteiger partial charge in [-0.3, -0.25) is 9.69 Å². The van der Waals surface area contributed by atoms with Gasteiger partial charge in [-0.05, 0) is 13.3 Å². The Morgan fingerprint density at radius 1 is 1.62 bits per heavy atom. The number of Topliss-reactive ketones (excluding diaryl/α,β-unsaturated/α-hetero) is 1. The number of rotatable bonds is 4. The second-order valence-electron chi connectivity index (χ2n) is 3.68. The number of ketones is 1. The molecular formula is C10H19NOS. The van der Waals surface area contributed by atoms with Crippen LogP contribution in [0, 0.1) is 0 Å². The quantitative estimate of drug-likeness (QED) is 0.691. The van der Waals surface area contributed by atoms with Crippen molar-refractivity contribution in [2.45, 2.75) is 32.7 Å².